The molecule has 0 aromatic carbocycles. The van der Waals surface area contributed by atoms with Gasteiger partial charge >= 0.3 is 0 Å². The molecule has 0 atom stereocenters. The molecule has 4 rings (SSSR count). The van der Waals surface area contributed by atoms with Gasteiger partial charge in [0.25, 0.3) is 0 Å². The molecule has 0 aliphatic carbocycles. The zero-order chi connectivity index (χ0) is 29.1. The third-order valence-corrected chi connectivity index (χ3v) is 5.92. The number of likely N-dealkylation sites (N-methyl/N-ethyl adjacent to an activating group) is 1. The Morgan fingerprint density at radius 3 is 1.29 bits per heavy atom. The molecule has 0 bridgehead atoms. The van der Waals surface area contributed by atoms with Crippen LogP contribution in [-0.2, 0) is 31.0 Å². The number of carbonyl (C=O) groups excluding carboxylic acids is 1. The molecule has 0 saturated heterocycles. The van der Waals surface area contributed by atoms with Crippen molar-refractivity contribution in [1.82, 2.24) is 35.1 Å². The minimum Gasteiger partial charge on any atom is -0.390 e. The molecular weight excluding hydrogens is 514 g/mol. The van der Waals surface area contributed by atoms with Crippen LogP contribution < -0.4 is 5.32 Å². The van der Waals surface area contributed by atoms with Gasteiger partial charge in [0, 0.05) is 70.6 Å². The van der Waals surface area contributed by atoms with Crippen LogP contribution in [0, 0.1) is 0 Å². The quantitative estimate of drug-likeness (QED) is 0.228. The number of amides is 1. The van der Waals surface area contributed by atoms with Gasteiger partial charge in [-0.2, -0.15) is 0 Å². The number of pyridine rings is 4. The fourth-order valence-corrected chi connectivity index (χ4v) is 4.15. The predicted molar refractivity (Wildman–Crippen MR) is 160 cm³/mol. The number of nitrogens with zero attached hydrogens (tertiary/aromatic N) is 6. The van der Waals surface area contributed by atoms with Gasteiger partial charge < -0.3 is 10.4 Å². The number of hydrogen-bond acceptors (Lipinski definition) is 8. The highest BCUT2D eigenvalue weighted by Gasteiger charge is 2.18. The second kappa shape index (κ2) is 18.1. The maximum absolute atomic E-state index is 11.1. The van der Waals surface area contributed by atoms with E-state index in [-0.39, 0.29) is 5.91 Å². The molecule has 4 aromatic heterocycles. The second-order valence-electron chi connectivity index (χ2n) is 9.38. The van der Waals surface area contributed by atoms with Crippen LogP contribution in [0.4, 0.5) is 0 Å². The van der Waals surface area contributed by atoms with Crippen molar-refractivity contribution in [3.63, 3.8) is 0 Å². The van der Waals surface area contributed by atoms with Crippen molar-refractivity contribution in [3.8, 4) is 0 Å². The molecule has 9 heteroatoms. The third kappa shape index (κ3) is 12.6. The Labute approximate surface area is 242 Å². The Morgan fingerprint density at radius 2 is 1.07 bits per heavy atom. The summed E-state index contributed by atoms with van der Waals surface area (Å²) in [7, 11) is 0. The van der Waals surface area contributed by atoms with Gasteiger partial charge in [0.2, 0.25) is 5.91 Å². The Kier molecular flexibility index (Phi) is 13.8. The zero-order valence-electron chi connectivity index (χ0n) is 23.6. The lowest BCUT2D eigenvalue weighted by atomic mass is 10.2. The molecule has 0 unspecified atom stereocenters. The number of nitrogens with one attached hydrogen (secondary N) is 1. The SMILES string of the molecule is C=CC(=O)NCC.OC(CN(Cc1ccccn1)Cc1ccccn1)CN(Cc1ccccn1)Cc1ccccn1. The molecule has 41 heavy (non-hydrogen) atoms. The fourth-order valence-electron chi connectivity index (χ4n) is 4.15. The molecule has 214 valence electrons. The number of rotatable bonds is 14. The molecule has 0 saturated carbocycles. The summed E-state index contributed by atoms with van der Waals surface area (Å²) in [6, 6.07) is 23.6. The molecule has 0 radical (unpaired) electrons. The van der Waals surface area contributed by atoms with E-state index in [4.69, 9.17) is 0 Å². The molecule has 9 nitrogen and oxygen atoms in total. The summed E-state index contributed by atoms with van der Waals surface area (Å²) in [5.74, 6) is -0.109. The van der Waals surface area contributed by atoms with Gasteiger partial charge in [0.05, 0.1) is 28.9 Å². The average molecular weight is 554 g/mol. The van der Waals surface area contributed by atoms with Crippen LogP contribution in [0.3, 0.4) is 0 Å². The van der Waals surface area contributed by atoms with Crippen molar-refractivity contribution in [2.75, 3.05) is 19.6 Å². The van der Waals surface area contributed by atoms with Crippen molar-refractivity contribution < 1.29 is 9.90 Å². The summed E-state index contributed by atoms with van der Waals surface area (Å²) >= 11 is 0. The summed E-state index contributed by atoms with van der Waals surface area (Å²) in [5.41, 5.74) is 3.85. The lowest BCUT2D eigenvalue weighted by Crippen LogP contribution is -2.40. The molecule has 0 fully saturated rings. The first-order chi connectivity index (χ1) is 20.1. The molecule has 2 N–H and O–H groups in total. The van der Waals surface area contributed by atoms with Crippen molar-refractivity contribution in [3.05, 3.63) is 133 Å². The van der Waals surface area contributed by atoms with E-state index in [1.54, 1.807) is 24.8 Å². The van der Waals surface area contributed by atoms with Crippen LogP contribution in [-0.4, -0.2) is 66.5 Å². The number of carbonyl (C=O) groups is 1. The highest BCUT2D eigenvalue weighted by molar-refractivity contribution is 5.86. The number of aliphatic hydroxyl groups is 1. The van der Waals surface area contributed by atoms with E-state index in [1.807, 2.05) is 79.7 Å². The van der Waals surface area contributed by atoms with Gasteiger partial charge in [0.15, 0.2) is 0 Å². The monoisotopic (exact) mass is 553 g/mol. The third-order valence-electron chi connectivity index (χ3n) is 5.92. The van der Waals surface area contributed by atoms with E-state index < -0.39 is 6.10 Å². The van der Waals surface area contributed by atoms with E-state index >= 15 is 0 Å². The van der Waals surface area contributed by atoms with E-state index in [0.29, 0.717) is 45.8 Å². The van der Waals surface area contributed by atoms with Crippen molar-refractivity contribution in [2.24, 2.45) is 0 Å². The van der Waals surface area contributed by atoms with Gasteiger partial charge in [-0.05, 0) is 61.5 Å². The van der Waals surface area contributed by atoms with Gasteiger partial charge in [0.1, 0.15) is 0 Å². The van der Waals surface area contributed by atoms with E-state index in [0.717, 1.165) is 22.8 Å². The van der Waals surface area contributed by atoms with Crippen molar-refractivity contribution >= 4 is 5.91 Å². The zero-order valence-corrected chi connectivity index (χ0v) is 23.6. The first kappa shape index (κ1) is 31.2. The standard InChI is InChI=1S/C27H30N6O.C5H9NO/c34-27(21-32(17-23-9-1-5-13-28-23)18-24-10-2-6-14-29-24)22-33(19-25-11-3-7-15-30-25)20-26-12-4-8-16-31-26;1-3-5(7)6-4-2/h1-16,27,34H,17-22H2;3H,1,4H2,2H3,(H,6,7). The van der Waals surface area contributed by atoms with Gasteiger partial charge in [-0.25, -0.2) is 0 Å². The van der Waals surface area contributed by atoms with E-state index in [2.05, 4.69) is 41.6 Å². The smallest absolute Gasteiger partial charge is 0.243 e. The van der Waals surface area contributed by atoms with E-state index in [9.17, 15) is 9.90 Å². The Balaban J connectivity index is 0.000000587. The highest BCUT2D eigenvalue weighted by Crippen LogP contribution is 2.11. The lowest BCUT2D eigenvalue weighted by molar-refractivity contribution is -0.116. The van der Waals surface area contributed by atoms with Crippen molar-refractivity contribution in [1.29, 1.82) is 0 Å². The Bertz CT molecular complexity index is 1090. The summed E-state index contributed by atoms with van der Waals surface area (Å²) in [4.78, 5) is 32.4. The van der Waals surface area contributed by atoms with Crippen LogP contribution in [0.5, 0.6) is 0 Å². The maximum Gasteiger partial charge on any atom is 0.243 e. The largest absolute Gasteiger partial charge is 0.390 e. The molecular formula is C32H39N7O2. The Morgan fingerprint density at radius 1 is 0.732 bits per heavy atom. The molecule has 4 heterocycles. The summed E-state index contributed by atoms with van der Waals surface area (Å²) in [6.07, 6.45) is 7.88. The van der Waals surface area contributed by atoms with Crippen LogP contribution >= 0.6 is 0 Å². The number of aliphatic hydroxyl groups excluding tert-OH is 1. The van der Waals surface area contributed by atoms with Gasteiger partial charge in [-0.1, -0.05) is 30.8 Å². The topological polar surface area (TPSA) is 107 Å². The van der Waals surface area contributed by atoms with Crippen LogP contribution in [0.15, 0.2) is 110 Å². The fraction of sp³-hybridized carbons (Fsp3) is 0.281. The maximum atomic E-state index is 11.1. The number of hydrogen-bond donors (Lipinski definition) is 2. The minimum absolute atomic E-state index is 0.109. The van der Waals surface area contributed by atoms with E-state index in [1.165, 1.54) is 6.08 Å². The summed E-state index contributed by atoms with van der Waals surface area (Å²) < 4.78 is 0. The summed E-state index contributed by atoms with van der Waals surface area (Å²) in [5, 5.41) is 13.7. The molecule has 0 spiro atoms. The second-order valence-corrected chi connectivity index (χ2v) is 9.38. The molecule has 4 aromatic rings. The molecule has 0 aliphatic heterocycles. The van der Waals surface area contributed by atoms with Crippen LogP contribution in [0.2, 0.25) is 0 Å². The first-order valence-corrected chi connectivity index (χ1v) is 13.7. The predicted octanol–water partition coefficient (Wildman–Crippen LogP) is 3.64. The average Bonchev–Trinajstić information content (AvgIpc) is 2.99. The first-order valence-electron chi connectivity index (χ1n) is 13.7. The lowest BCUT2D eigenvalue weighted by Gasteiger charge is -2.29. The highest BCUT2D eigenvalue weighted by atomic mass is 16.3. The van der Waals surface area contributed by atoms with Gasteiger partial charge in [-0.15, -0.1) is 0 Å². The Hall–Kier alpha value is -4.31. The van der Waals surface area contributed by atoms with Crippen molar-refractivity contribution in [2.45, 2.75) is 39.2 Å². The minimum atomic E-state index is -0.570. The molecule has 1 amide bonds. The number of aromatic nitrogens is 4. The normalized spacial score (nSPS) is 10.8. The van der Waals surface area contributed by atoms with Crippen LogP contribution in [0.1, 0.15) is 29.7 Å². The van der Waals surface area contributed by atoms with Gasteiger partial charge in [-0.3, -0.25) is 34.5 Å². The molecule has 0 aliphatic rings. The van der Waals surface area contributed by atoms with Crippen LogP contribution in [0.25, 0.3) is 0 Å². The summed E-state index contributed by atoms with van der Waals surface area (Å²) in [6.45, 7) is 9.32.